The van der Waals surface area contributed by atoms with Crippen molar-refractivity contribution < 1.29 is 19.4 Å². The van der Waals surface area contributed by atoms with E-state index in [0.29, 0.717) is 17.7 Å². The van der Waals surface area contributed by atoms with Crippen LogP contribution in [0.2, 0.25) is 0 Å². The molecule has 3 rings (SSSR count). The van der Waals surface area contributed by atoms with Gasteiger partial charge in [0.05, 0.1) is 19.3 Å². The van der Waals surface area contributed by atoms with E-state index < -0.39 is 17.7 Å². The molecule has 0 aliphatic heterocycles. The summed E-state index contributed by atoms with van der Waals surface area (Å²) in [6.45, 7) is 9.92. The number of benzene rings is 2. The van der Waals surface area contributed by atoms with Gasteiger partial charge in [-0.2, -0.15) is 0 Å². The molecule has 0 saturated carbocycles. The fraction of sp³-hybridized carbons (Fsp3) is 0.433. The van der Waals surface area contributed by atoms with Crippen molar-refractivity contribution in [1.82, 2.24) is 4.90 Å². The van der Waals surface area contributed by atoms with Crippen molar-refractivity contribution in [3.8, 4) is 0 Å². The number of hydrogen-bond acceptors (Lipinski definition) is 5. The van der Waals surface area contributed by atoms with Gasteiger partial charge in [-0.05, 0) is 69.9 Å². The second-order valence-electron chi connectivity index (χ2n) is 9.73. The van der Waals surface area contributed by atoms with E-state index >= 15 is 0 Å². The second-order valence-corrected chi connectivity index (χ2v) is 9.73. The van der Waals surface area contributed by atoms with E-state index in [0.717, 1.165) is 24.1 Å². The summed E-state index contributed by atoms with van der Waals surface area (Å²) in [7, 11) is 1.37. The standard InChI is InChI=1S/C30H39NO4/c1-22(2)31(23(3)4)19-17-27(25-14-10-7-11-15-25)28-20-26(29(32)34-5)16-18-30(28,33)35-21-24-12-8-6-9-13-24/h6-16,18,20,22-23,27-28,33H,17,19,21H2,1-5H3/t27?,28-,30?/m1/s1. The number of carbonyl (C=O) groups excluding carboxylic acids is 1. The Morgan fingerprint density at radius 2 is 1.60 bits per heavy atom. The largest absolute Gasteiger partial charge is 0.465 e. The minimum atomic E-state index is -1.58. The Morgan fingerprint density at radius 1 is 1.00 bits per heavy atom. The van der Waals surface area contributed by atoms with Crippen molar-refractivity contribution >= 4 is 5.97 Å². The number of nitrogens with zero attached hydrogens (tertiary/aromatic N) is 1. The fourth-order valence-electron chi connectivity index (χ4n) is 4.92. The Morgan fingerprint density at radius 3 is 2.17 bits per heavy atom. The van der Waals surface area contributed by atoms with Crippen LogP contribution in [0.3, 0.4) is 0 Å². The Labute approximate surface area is 210 Å². The van der Waals surface area contributed by atoms with Crippen LogP contribution in [0.25, 0.3) is 0 Å². The van der Waals surface area contributed by atoms with Gasteiger partial charge >= 0.3 is 5.97 Å². The number of ether oxygens (including phenoxy) is 2. The monoisotopic (exact) mass is 477 g/mol. The highest BCUT2D eigenvalue weighted by Gasteiger charge is 2.43. The molecule has 0 spiro atoms. The van der Waals surface area contributed by atoms with Gasteiger partial charge in [0, 0.05) is 18.0 Å². The predicted octanol–water partition coefficient (Wildman–Crippen LogP) is 5.47. The minimum absolute atomic E-state index is 0.0819. The van der Waals surface area contributed by atoms with Gasteiger partial charge in [-0.3, -0.25) is 4.90 Å². The first-order valence-electron chi connectivity index (χ1n) is 12.5. The molecule has 1 aliphatic carbocycles. The predicted molar refractivity (Wildman–Crippen MR) is 140 cm³/mol. The van der Waals surface area contributed by atoms with E-state index in [-0.39, 0.29) is 12.5 Å². The molecule has 0 bridgehead atoms. The third-order valence-corrected chi connectivity index (χ3v) is 6.76. The molecule has 0 amide bonds. The van der Waals surface area contributed by atoms with Crippen molar-refractivity contribution in [2.45, 2.75) is 64.5 Å². The molecule has 0 aromatic heterocycles. The molecule has 188 valence electrons. The zero-order valence-corrected chi connectivity index (χ0v) is 21.6. The molecule has 0 radical (unpaired) electrons. The number of rotatable bonds is 11. The Hall–Kier alpha value is -2.73. The molecule has 3 atom stereocenters. The molecule has 0 heterocycles. The molecule has 2 unspecified atom stereocenters. The van der Waals surface area contributed by atoms with E-state index in [9.17, 15) is 9.90 Å². The highest BCUT2D eigenvalue weighted by Crippen LogP contribution is 2.42. The van der Waals surface area contributed by atoms with E-state index in [1.165, 1.54) is 7.11 Å². The van der Waals surface area contributed by atoms with Crippen LogP contribution in [0.4, 0.5) is 0 Å². The molecule has 0 fully saturated rings. The first-order valence-corrected chi connectivity index (χ1v) is 12.5. The van der Waals surface area contributed by atoms with Crippen LogP contribution >= 0.6 is 0 Å². The van der Waals surface area contributed by atoms with Crippen LogP contribution in [0.15, 0.2) is 84.5 Å². The third kappa shape index (κ3) is 6.91. The van der Waals surface area contributed by atoms with Crippen molar-refractivity contribution in [3.63, 3.8) is 0 Å². The van der Waals surface area contributed by atoms with E-state index in [1.807, 2.05) is 54.6 Å². The minimum Gasteiger partial charge on any atom is -0.465 e. The van der Waals surface area contributed by atoms with Gasteiger partial charge in [-0.15, -0.1) is 0 Å². The van der Waals surface area contributed by atoms with Gasteiger partial charge in [-0.25, -0.2) is 4.79 Å². The summed E-state index contributed by atoms with van der Waals surface area (Å²) < 4.78 is 11.2. The summed E-state index contributed by atoms with van der Waals surface area (Å²) in [6, 6.07) is 20.8. The first-order chi connectivity index (χ1) is 16.7. The lowest BCUT2D eigenvalue weighted by molar-refractivity contribution is -0.204. The van der Waals surface area contributed by atoms with Crippen molar-refractivity contribution in [1.29, 1.82) is 0 Å². The highest BCUT2D eigenvalue weighted by molar-refractivity contribution is 5.92. The molecule has 5 heteroatoms. The summed E-state index contributed by atoms with van der Waals surface area (Å²) in [6.07, 6.45) is 5.82. The van der Waals surface area contributed by atoms with Crippen LogP contribution in [-0.4, -0.2) is 47.5 Å². The number of methoxy groups -OCH3 is 1. The average Bonchev–Trinajstić information content (AvgIpc) is 2.86. The van der Waals surface area contributed by atoms with Gasteiger partial charge in [0.2, 0.25) is 0 Å². The van der Waals surface area contributed by atoms with Gasteiger partial charge in [0.15, 0.2) is 5.79 Å². The molecular weight excluding hydrogens is 438 g/mol. The van der Waals surface area contributed by atoms with Crippen LogP contribution in [0.1, 0.15) is 51.2 Å². The summed E-state index contributed by atoms with van der Waals surface area (Å²) >= 11 is 0. The third-order valence-electron chi connectivity index (χ3n) is 6.76. The number of esters is 1. The Bertz CT molecular complexity index is 992. The van der Waals surface area contributed by atoms with E-state index in [1.54, 1.807) is 12.2 Å². The number of carbonyl (C=O) groups is 1. The van der Waals surface area contributed by atoms with Gasteiger partial charge in [0.1, 0.15) is 0 Å². The SMILES string of the molecule is COC(=O)C1=C[C@H](C(CCN(C(C)C)C(C)C)c2ccccc2)C(O)(OCc2ccccc2)C=C1. The lowest BCUT2D eigenvalue weighted by Gasteiger charge is -2.40. The number of hydrogen-bond donors (Lipinski definition) is 1. The zero-order valence-electron chi connectivity index (χ0n) is 21.6. The van der Waals surface area contributed by atoms with Crippen molar-refractivity contribution in [3.05, 3.63) is 95.6 Å². The summed E-state index contributed by atoms with van der Waals surface area (Å²) in [4.78, 5) is 14.9. The van der Waals surface area contributed by atoms with Crippen molar-refractivity contribution in [2.75, 3.05) is 13.7 Å². The van der Waals surface area contributed by atoms with Crippen molar-refractivity contribution in [2.24, 2.45) is 5.92 Å². The maximum atomic E-state index is 12.4. The second kappa shape index (κ2) is 12.3. The molecule has 2 aromatic carbocycles. The molecule has 0 saturated heterocycles. The van der Waals surface area contributed by atoms with Gasteiger partial charge in [0.25, 0.3) is 0 Å². The first kappa shape index (κ1) is 26.9. The molecule has 1 aliphatic rings. The fourth-order valence-corrected chi connectivity index (χ4v) is 4.92. The summed E-state index contributed by atoms with van der Waals surface area (Å²) in [5.41, 5.74) is 2.50. The number of aliphatic hydroxyl groups is 1. The molecule has 5 nitrogen and oxygen atoms in total. The molecular formula is C30H39NO4. The quantitative estimate of drug-likeness (QED) is 0.344. The highest BCUT2D eigenvalue weighted by atomic mass is 16.6. The van der Waals surface area contributed by atoms with Crippen LogP contribution in [0.5, 0.6) is 0 Å². The lowest BCUT2D eigenvalue weighted by atomic mass is 9.75. The van der Waals surface area contributed by atoms with Crippen LogP contribution in [-0.2, 0) is 20.9 Å². The summed E-state index contributed by atoms with van der Waals surface area (Å²) in [5.74, 6) is -2.56. The smallest absolute Gasteiger partial charge is 0.337 e. The molecule has 2 aromatic rings. The maximum Gasteiger partial charge on any atom is 0.337 e. The van der Waals surface area contributed by atoms with Gasteiger partial charge < -0.3 is 14.6 Å². The molecule has 35 heavy (non-hydrogen) atoms. The topological polar surface area (TPSA) is 59.0 Å². The molecule has 1 N–H and O–H groups in total. The Balaban J connectivity index is 1.98. The lowest BCUT2D eigenvalue weighted by Crippen LogP contribution is -2.44. The van der Waals surface area contributed by atoms with Crippen LogP contribution < -0.4 is 0 Å². The summed E-state index contributed by atoms with van der Waals surface area (Å²) in [5, 5.41) is 11.9. The van der Waals surface area contributed by atoms with Crippen LogP contribution in [0, 0.1) is 5.92 Å². The van der Waals surface area contributed by atoms with E-state index in [4.69, 9.17) is 9.47 Å². The zero-order chi connectivity index (χ0) is 25.4. The maximum absolute atomic E-state index is 12.4. The van der Waals surface area contributed by atoms with Gasteiger partial charge in [-0.1, -0.05) is 66.7 Å². The van der Waals surface area contributed by atoms with E-state index in [2.05, 4.69) is 44.7 Å². The normalized spacial score (nSPS) is 20.8. The Kier molecular flexibility index (Phi) is 9.44. The average molecular weight is 478 g/mol.